The molecule has 1 heterocycles. The van der Waals surface area contributed by atoms with E-state index in [4.69, 9.17) is 27.6 Å². The first-order valence-electron chi connectivity index (χ1n) is 7.63. The number of benzene rings is 2. The molecule has 0 radical (unpaired) electrons. The lowest BCUT2D eigenvalue weighted by Gasteiger charge is -2.25. The normalized spacial score (nSPS) is 12.2. The van der Waals surface area contributed by atoms with Crippen molar-refractivity contribution in [1.82, 2.24) is 4.90 Å². The maximum absolute atomic E-state index is 12.8. The zero-order valence-corrected chi connectivity index (χ0v) is 15.1. The summed E-state index contributed by atoms with van der Waals surface area (Å²) >= 11 is 12.1. The summed E-state index contributed by atoms with van der Waals surface area (Å²) in [6.07, 6.45) is 0. The highest BCUT2D eigenvalue weighted by molar-refractivity contribution is 6.35. The summed E-state index contributed by atoms with van der Waals surface area (Å²) in [5.74, 6) is -0.412. The van der Waals surface area contributed by atoms with Gasteiger partial charge in [0.1, 0.15) is 5.58 Å². The van der Waals surface area contributed by atoms with E-state index in [1.807, 2.05) is 6.92 Å². The summed E-state index contributed by atoms with van der Waals surface area (Å²) in [5, 5.41) is 1.44. The molecule has 0 unspecified atom stereocenters. The summed E-state index contributed by atoms with van der Waals surface area (Å²) < 4.78 is 5.62. The molecule has 0 fully saturated rings. The second kappa shape index (κ2) is 6.90. The monoisotopic (exact) mass is 375 g/mol. The number of nitrogens with zero attached hydrogens (tertiary/aromatic N) is 1. The Hall–Kier alpha value is -2.30. The first kappa shape index (κ1) is 17.5. The van der Waals surface area contributed by atoms with Crippen molar-refractivity contribution >= 4 is 40.1 Å². The lowest BCUT2D eigenvalue weighted by atomic mass is 10.1. The van der Waals surface area contributed by atoms with Gasteiger partial charge in [0, 0.05) is 23.2 Å². The van der Waals surface area contributed by atoms with Crippen LogP contribution in [0.5, 0.6) is 0 Å². The van der Waals surface area contributed by atoms with Crippen LogP contribution in [0.15, 0.2) is 57.7 Å². The fourth-order valence-electron chi connectivity index (χ4n) is 2.61. The Kier molecular flexibility index (Phi) is 4.84. The average Bonchev–Trinajstić information content (AvgIpc) is 2.60. The van der Waals surface area contributed by atoms with E-state index in [9.17, 15) is 9.59 Å². The topological polar surface area (TPSA) is 50.5 Å². The van der Waals surface area contributed by atoms with Crippen LogP contribution < -0.4 is 5.43 Å². The Bertz CT molecular complexity index is 1010. The van der Waals surface area contributed by atoms with E-state index in [0.717, 1.165) is 5.56 Å². The molecule has 1 aromatic heterocycles. The van der Waals surface area contributed by atoms with E-state index >= 15 is 0 Å². The van der Waals surface area contributed by atoms with E-state index in [1.165, 1.54) is 11.0 Å². The van der Waals surface area contributed by atoms with Gasteiger partial charge >= 0.3 is 0 Å². The van der Waals surface area contributed by atoms with Crippen molar-refractivity contribution in [3.8, 4) is 0 Å². The SMILES string of the molecule is C[C@H](c1ccc(Cl)cc1Cl)N(C)C(=O)c1cc(=O)c2ccccc2o1. The Labute approximate surface area is 154 Å². The highest BCUT2D eigenvalue weighted by atomic mass is 35.5. The highest BCUT2D eigenvalue weighted by Crippen LogP contribution is 2.29. The van der Waals surface area contributed by atoms with Crippen LogP contribution in [0.3, 0.4) is 0 Å². The molecular weight excluding hydrogens is 361 g/mol. The second-order valence-corrected chi connectivity index (χ2v) is 6.57. The molecule has 4 nitrogen and oxygen atoms in total. The molecule has 0 spiro atoms. The molecule has 3 rings (SSSR count). The Morgan fingerprint density at radius 1 is 1.12 bits per heavy atom. The molecule has 1 amide bonds. The number of halogens is 2. The third kappa shape index (κ3) is 3.41. The quantitative estimate of drug-likeness (QED) is 0.651. The van der Waals surface area contributed by atoms with E-state index in [0.29, 0.717) is 21.0 Å². The second-order valence-electron chi connectivity index (χ2n) is 5.73. The smallest absolute Gasteiger partial charge is 0.289 e. The third-order valence-electron chi connectivity index (χ3n) is 4.16. The van der Waals surface area contributed by atoms with E-state index < -0.39 is 5.91 Å². The number of carbonyl (C=O) groups excluding carboxylic acids is 1. The lowest BCUT2D eigenvalue weighted by Crippen LogP contribution is -2.30. The molecule has 0 bridgehead atoms. The Morgan fingerprint density at radius 3 is 2.56 bits per heavy atom. The van der Waals surface area contributed by atoms with Gasteiger partial charge in [-0.15, -0.1) is 0 Å². The molecule has 128 valence electrons. The van der Waals surface area contributed by atoms with Gasteiger partial charge in [0.2, 0.25) is 0 Å². The molecule has 0 N–H and O–H groups in total. The fourth-order valence-corrected chi connectivity index (χ4v) is 3.17. The lowest BCUT2D eigenvalue weighted by molar-refractivity contribution is 0.0711. The fraction of sp³-hybridized carbons (Fsp3) is 0.158. The molecule has 0 saturated carbocycles. The van der Waals surface area contributed by atoms with Gasteiger partial charge in [-0.1, -0.05) is 41.4 Å². The standard InChI is InChI=1S/C19H15Cl2NO3/c1-11(13-8-7-12(20)9-15(13)21)22(2)19(24)18-10-16(23)14-5-3-4-6-17(14)25-18/h3-11H,1-2H3/t11-/m1/s1. The van der Waals surface area contributed by atoms with Gasteiger partial charge < -0.3 is 9.32 Å². The summed E-state index contributed by atoms with van der Waals surface area (Å²) in [6.45, 7) is 1.84. The van der Waals surface area contributed by atoms with Gasteiger partial charge in [-0.2, -0.15) is 0 Å². The van der Waals surface area contributed by atoms with Crippen molar-refractivity contribution in [2.24, 2.45) is 0 Å². The van der Waals surface area contributed by atoms with Crippen molar-refractivity contribution in [1.29, 1.82) is 0 Å². The van der Waals surface area contributed by atoms with Gasteiger partial charge in [-0.05, 0) is 36.8 Å². The van der Waals surface area contributed by atoms with Crippen LogP contribution in [-0.4, -0.2) is 17.9 Å². The number of fused-ring (bicyclic) bond motifs is 1. The van der Waals surface area contributed by atoms with Crippen LogP contribution in [0, 0.1) is 0 Å². The zero-order valence-electron chi connectivity index (χ0n) is 13.6. The largest absolute Gasteiger partial charge is 0.451 e. The van der Waals surface area contributed by atoms with Crippen LogP contribution >= 0.6 is 23.2 Å². The van der Waals surface area contributed by atoms with Gasteiger partial charge in [-0.25, -0.2) is 0 Å². The van der Waals surface area contributed by atoms with Crippen LogP contribution in [0.25, 0.3) is 11.0 Å². The summed E-state index contributed by atoms with van der Waals surface area (Å²) in [4.78, 5) is 26.4. The van der Waals surface area contributed by atoms with E-state index in [2.05, 4.69) is 0 Å². The molecule has 0 aliphatic rings. The molecular formula is C19H15Cl2NO3. The van der Waals surface area contributed by atoms with Crippen molar-refractivity contribution in [3.05, 3.63) is 80.1 Å². The highest BCUT2D eigenvalue weighted by Gasteiger charge is 2.23. The number of hydrogen-bond donors (Lipinski definition) is 0. The summed E-state index contributed by atoms with van der Waals surface area (Å²) in [5.41, 5.74) is 0.879. The minimum Gasteiger partial charge on any atom is -0.451 e. The summed E-state index contributed by atoms with van der Waals surface area (Å²) in [6, 6.07) is 12.8. The van der Waals surface area contributed by atoms with Crippen molar-refractivity contribution in [3.63, 3.8) is 0 Å². The third-order valence-corrected chi connectivity index (χ3v) is 4.72. The van der Waals surface area contributed by atoms with Crippen molar-refractivity contribution < 1.29 is 9.21 Å². The van der Waals surface area contributed by atoms with E-state index in [-0.39, 0.29) is 17.2 Å². The maximum atomic E-state index is 12.8. The molecule has 6 heteroatoms. The van der Waals surface area contributed by atoms with Crippen LogP contribution in [0.2, 0.25) is 10.0 Å². The first-order valence-corrected chi connectivity index (χ1v) is 8.39. The first-order chi connectivity index (χ1) is 11.9. The molecule has 0 aliphatic heterocycles. The Morgan fingerprint density at radius 2 is 1.84 bits per heavy atom. The number of para-hydroxylation sites is 1. The minimum absolute atomic E-state index is 0.0110. The average molecular weight is 376 g/mol. The van der Waals surface area contributed by atoms with E-state index in [1.54, 1.807) is 49.5 Å². The van der Waals surface area contributed by atoms with Crippen LogP contribution in [0.4, 0.5) is 0 Å². The number of hydrogen-bond acceptors (Lipinski definition) is 3. The van der Waals surface area contributed by atoms with Crippen LogP contribution in [0.1, 0.15) is 29.1 Å². The molecule has 2 aromatic carbocycles. The van der Waals surface area contributed by atoms with Crippen LogP contribution in [-0.2, 0) is 0 Å². The molecule has 25 heavy (non-hydrogen) atoms. The van der Waals surface area contributed by atoms with Crippen molar-refractivity contribution in [2.45, 2.75) is 13.0 Å². The molecule has 1 atom stereocenters. The van der Waals surface area contributed by atoms with Gasteiger partial charge in [-0.3, -0.25) is 9.59 Å². The maximum Gasteiger partial charge on any atom is 0.289 e. The molecule has 3 aromatic rings. The molecule has 0 saturated heterocycles. The van der Waals surface area contributed by atoms with Gasteiger partial charge in [0.05, 0.1) is 11.4 Å². The molecule has 0 aliphatic carbocycles. The number of amides is 1. The Balaban J connectivity index is 1.96. The van der Waals surface area contributed by atoms with Crippen molar-refractivity contribution in [2.75, 3.05) is 7.05 Å². The minimum atomic E-state index is -0.402. The predicted molar refractivity (Wildman–Crippen MR) is 99.5 cm³/mol. The predicted octanol–water partition coefficient (Wildman–Crippen LogP) is 4.93. The zero-order chi connectivity index (χ0) is 18.1. The number of rotatable bonds is 3. The van der Waals surface area contributed by atoms with Gasteiger partial charge in [0.15, 0.2) is 11.2 Å². The van der Waals surface area contributed by atoms with Gasteiger partial charge in [0.25, 0.3) is 5.91 Å². The number of carbonyl (C=O) groups is 1. The summed E-state index contributed by atoms with van der Waals surface area (Å²) in [7, 11) is 1.63.